The second-order valence-corrected chi connectivity index (χ2v) is 6.33. The van der Waals surface area contributed by atoms with Gasteiger partial charge in [0, 0.05) is 21.9 Å². The summed E-state index contributed by atoms with van der Waals surface area (Å²) in [6.45, 7) is 4.26. The minimum atomic E-state index is 0.404. The highest BCUT2D eigenvalue weighted by Crippen LogP contribution is 2.62. The molecule has 1 saturated carbocycles. The first kappa shape index (κ1) is 11.2. The predicted molar refractivity (Wildman–Crippen MR) is 75.9 cm³/mol. The lowest BCUT2D eigenvalue weighted by Gasteiger charge is -2.24. The molecule has 98 valence electrons. The lowest BCUT2D eigenvalue weighted by atomic mass is 9.82. The van der Waals surface area contributed by atoms with E-state index in [0.717, 1.165) is 40.3 Å². The lowest BCUT2D eigenvalue weighted by molar-refractivity contribution is 0.431. The van der Waals surface area contributed by atoms with Gasteiger partial charge in [-0.05, 0) is 43.6 Å². The smallest absolute Gasteiger partial charge is 0.127 e. The Balaban J connectivity index is 2.13. The molecule has 2 N–H and O–H groups in total. The number of rotatable bonds is 0. The average Bonchev–Trinajstić information content (AvgIpc) is 2.92. The quantitative estimate of drug-likeness (QED) is 0.693. The fourth-order valence-electron chi connectivity index (χ4n) is 4.28. The van der Waals surface area contributed by atoms with Crippen molar-refractivity contribution in [1.29, 1.82) is 0 Å². The molecule has 2 aliphatic carbocycles. The van der Waals surface area contributed by atoms with E-state index < -0.39 is 0 Å². The third-order valence-corrected chi connectivity index (χ3v) is 5.15. The van der Waals surface area contributed by atoms with Crippen LogP contribution in [-0.4, -0.2) is 10.2 Å². The number of benzene rings is 2. The van der Waals surface area contributed by atoms with Crippen LogP contribution in [0.3, 0.4) is 0 Å². The number of fused-ring (bicyclic) bond motifs is 6. The molecule has 3 atom stereocenters. The van der Waals surface area contributed by atoms with E-state index in [1.807, 2.05) is 25.1 Å². The molecule has 2 bridgehead atoms. The molecule has 0 spiro atoms. The van der Waals surface area contributed by atoms with E-state index in [2.05, 4.69) is 6.92 Å². The molecule has 0 amide bonds. The van der Waals surface area contributed by atoms with Crippen LogP contribution >= 0.6 is 0 Å². The highest BCUT2D eigenvalue weighted by Gasteiger charge is 2.45. The van der Waals surface area contributed by atoms with Gasteiger partial charge in [0.2, 0.25) is 0 Å². The van der Waals surface area contributed by atoms with Crippen LogP contribution in [0.5, 0.6) is 11.5 Å². The number of hydrogen-bond donors (Lipinski definition) is 2. The zero-order valence-corrected chi connectivity index (χ0v) is 11.3. The van der Waals surface area contributed by atoms with Gasteiger partial charge in [0.15, 0.2) is 0 Å². The maximum atomic E-state index is 10.6. The fourth-order valence-corrected chi connectivity index (χ4v) is 4.28. The number of hydrogen-bond acceptors (Lipinski definition) is 2. The molecule has 2 heteroatoms. The predicted octanol–water partition coefficient (Wildman–Crippen LogP) is 4.17. The Kier molecular flexibility index (Phi) is 2.02. The van der Waals surface area contributed by atoms with Gasteiger partial charge in [-0.25, -0.2) is 0 Å². The molecule has 2 nitrogen and oxygen atoms in total. The van der Waals surface area contributed by atoms with Crippen LogP contribution in [0, 0.1) is 12.8 Å². The highest BCUT2D eigenvalue weighted by atomic mass is 16.3. The van der Waals surface area contributed by atoms with E-state index in [9.17, 15) is 10.2 Å². The minimum Gasteiger partial charge on any atom is -0.507 e. The Hall–Kier alpha value is -1.70. The van der Waals surface area contributed by atoms with E-state index >= 15 is 0 Å². The van der Waals surface area contributed by atoms with Gasteiger partial charge in [0.1, 0.15) is 11.5 Å². The summed E-state index contributed by atoms with van der Waals surface area (Å²) < 4.78 is 0. The van der Waals surface area contributed by atoms with Gasteiger partial charge in [-0.1, -0.05) is 24.6 Å². The van der Waals surface area contributed by atoms with E-state index in [4.69, 9.17) is 0 Å². The third kappa shape index (κ3) is 1.27. The Morgan fingerprint density at radius 2 is 1.74 bits per heavy atom. The van der Waals surface area contributed by atoms with Crippen molar-refractivity contribution in [2.45, 2.75) is 38.5 Å². The van der Waals surface area contributed by atoms with E-state index in [0.29, 0.717) is 29.3 Å². The van der Waals surface area contributed by atoms with Crippen molar-refractivity contribution in [3.05, 3.63) is 34.9 Å². The van der Waals surface area contributed by atoms with Crippen molar-refractivity contribution in [1.82, 2.24) is 0 Å². The topological polar surface area (TPSA) is 40.5 Å². The Morgan fingerprint density at radius 3 is 2.53 bits per heavy atom. The standard InChI is InChI=1S/C17H18O2/c1-8-3-4-11-13(5-8)17(19)14-10-6-9(2)12(7-10)15(14)16(11)18/h3-5,9-10,12,18-19H,6-7H2,1-2H3. The molecule has 0 heterocycles. The van der Waals surface area contributed by atoms with Crippen LogP contribution in [0.2, 0.25) is 0 Å². The van der Waals surface area contributed by atoms with Crippen LogP contribution in [0.25, 0.3) is 10.8 Å². The van der Waals surface area contributed by atoms with Gasteiger partial charge in [-0.2, -0.15) is 0 Å². The number of phenolic OH excluding ortho intramolecular Hbond substituents is 2. The number of aryl methyl sites for hydroxylation is 1. The summed E-state index contributed by atoms with van der Waals surface area (Å²) in [7, 11) is 0. The molecule has 1 fully saturated rings. The second kappa shape index (κ2) is 3.44. The minimum absolute atomic E-state index is 0.404. The van der Waals surface area contributed by atoms with Crippen molar-refractivity contribution in [3.63, 3.8) is 0 Å². The van der Waals surface area contributed by atoms with Crippen molar-refractivity contribution >= 4 is 10.8 Å². The van der Waals surface area contributed by atoms with Crippen LogP contribution in [0.4, 0.5) is 0 Å². The third-order valence-electron chi connectivity index (χ3n) is 5.15. The molecular formula is C17H18O2. The summed E-state index contributed by atoms with van der Waals surface area (Å²) in [6.07, 6.45) is 2.23. The van der Waals surface area contributed by atoms with Gasteiger partial charge in [0.05, 0.1) is 0 Å². The summed E-state index contributed by atoms with van der Waals surface area (Å²) >= 11 is 0. The lowest BCUT2D eigenvalue weighted by Crippen LogP contribution is -2.08. The molecule has 0 radical (unpaired) electrons. The van der Waals surface area contributed by atoms with Gasteiger partial charge < -0.3 is 10.2 Å². The van der Waals surface area contributed by atoms with Crippen LogP contribution in [0.1, 0.15) is 48.3 Å². The maximum absolute atomic E-state index is 10.6. The first-order valence-corrected chi connectivity index (χ1v) is 7.06. The highest BCUT2D eigenvalue weighted by molar-refractivity contribution is 5.97. The molecule has 0 saturated heterocycles. The van der Waals surface area contributed by atoms with Gasteiger partial charge in [-0.3, -0.25) is 0 Å². The SMILES string of the molecule is Cc1ccc2c(O)c3c(c(O)c2c1)C1CC(C)C3C1. The zero-order valence-electron chi connectivity index (χ0n) is 11.3. The van der Waals surface area contributed by atoms with Crippen molar-refractivity contribution < 1.29 is 10.2 Å². The molecule has 0 aromatic heterocycles. The Bertz CT molecular complexity index is 702. The van der Waals surface area contributed by atoms with Crippen LogP contribution in [0.15, 0.2) is 18.2 Å². The summed E-state index contributed by atoms with van der Waals surface area (Å²) in [6, 6.07) is 5.89. The molecule has 19 heavy (non-hydrogen) atoms. The van der Waals surface area contributed by atoms with Crippen LogP contribution < -0.4 is 0 Å². The Morgan fingerprint density at radius 1 is 1.00 bits per heavy atom. The summed E-state index contributed by atoms with van der Waals surface area (Å²) in [5, 5.41) is 22.8. The summed E-state index contributed by atoms with van der Waals surface area (Å²) in [5.41, 5.74) is 3.16. The average molecular weight is 254 g/mol. The van der Waals surface area contributed by atoms with Gasteiger partial charge >= 0.3 is 0 Å². The van der Waals surface area contributed by atoms with Crippen molar-refractivity contribution in [3.8, 4) is 11.5 Å². The molecule has 2 aliphatic rings. The van der Waals surface area contributed by atoms with Crippen molar-refractivity contribution in [2.75, 3.05) is 0 Å². The molecular weight excluding hydrogens is 236 g/mol. The molecule has 2 aromatic rings. The molecule has 0 aliphatic heterocycles. The van der Waals surface area contributed by atoms with E-state index in [1.165, 1.54) is 0 Å². The van der Waals surface area contributed by atoms with Crippen LogP contribution in [-0.2, 0) is 0 Å². The summed E-state index contributed by atoms with van der Waals surface area (Å²) in [4.78, 5) is 0. The number of phenols is 2. The Labute approximate surface area is 112 Å². The van der Waals surface area contributed by atoms with E-state index in [1.54, 1.807) is 0 Å². The molecule has 4 rings (SSSR count). The van der Waals surface area contributed by atoms with Gasteiger partial charge in [-0.15, -0.1) is 0 Å². The first-order chi connectivity index (χ1) is 9.08. The van der Waals surface area contributed by atoms with Gasteiger partial charge in [0.25, 0.3) is 0 Å². The van der Waals surface area contributed by atoms with E-state index in [-0.39, 0.29) is 0 Å². The molecule has 3 unspecified atom stereocenters. The largest absolute Gasteiger partial charge is 0.507 e. The summed E-state index contributed by atoms with van der Waals surface area (Å²) in [5.74, 6) is 2.29. The maximum Gasteiger partial charge on any atom is 0.127 e. The second-order valence-electron chi connectivity index (χ2n) is 6.33. The zero-order chi connectivity index (χ0) is 13.3. The van der Waals surface area contributed by atoms with Crippen molar-refractivity contribution in [2.24, 2.45) is 5.92 Å². The normalized spacial score (nSPS) is 28.0. The first-order valence-electron chi connectivity index (χ1n) is 7.06. The number of aromatic hydroxyl groups is 2. The fraction of sp³-hybridized carbons (Fsp3) is 0.412. The monoisotopic (exact) mass is 254 g/mol. The molecule has 2 aromatic carbocycles.